The zero-order valence-electron chi connectivity index (χ0n) is 21.4. The van der Waals surface area contributed by atoms with Crippen LogP contribution >= 0.6 is 11.6 Å². The number of carbonyl (C=O) groups excluding carboxylic acids is 2. The van der Waals surface area contributed by atoms with Crippen molar-refractivity contribution in [2.45, 2.75) is 27.7 Å². The first-order valence-electron chi connectivity index (χ1n) is 11.5. The fraction of sp³-hybridized carbons (Fsp3) is 0.207. The molecule has 0 unspecified atom stereocenters. The molecule has 37 heavy (non-hydrogen) atoms. The molecule has 0 aliphatic carbocycles. The van der Waals surface area contributed by atoms with Crippen molar-refractivity contribution in [1.82, 2.24) is 0 Å². The van der Waals surface area contributed by atoms with E-state index in [2.05, 4.69) is 10.6 Å². The molecule has 2 amide bonds. The molecule has 0 spiro atoms. The first-order chi connectivity index (χ1) is 17.6. The van der Waals surface area contributed by atoms with E-state index in [0.29, 0.717) is 16.9 Å². The summed E-state index contributed by atoms with van der Waals surface area (Å²) in [5.74, 6) is -0.471. The Morgan fingerprint density at radius 3 is 2.14 bits per heavy atom. The summed E-state index contributed by atoms with van der Waals surface area (Å²) in [7, 11) is 1.43. The molecule has 0 aliphatic rings. The number of methoxy groups -OCH3 is 1. The van der Waals surface area contributed by atoms with Crippen LogP contribution in [-0.4, -0.2) is 25.5 Å². The number of hydrogen-bond donors (Lipinski definition) is 2. The summed E-state index contributed by atoms with van der Waals surface area (Å²) in [5, 5.41) is 15.4. The molecule has 3 aromatic rings. The number of nitrogens with one attached hydrogen (secondary N) is 2. The minimum Gasteiger partial charge on any atom is -0.493 e. The maximum atomic E-state index is 12.8. The molecule has 3 aromatic carbocycles. The van der Waals surface area contributed by atoms with E-state index in [1.54, 1.807) is 12.1 Å². The SMILES string of the molecule is COc1cc(/C=C(/C#N)C(=O)Nc2cccc(C)c2C)cc(Cl)c1OCC(=O)Nc1cccc(C)c1C. The predicted molar refractivity (Wildman–Crippen MR) is 146 cm³/mol. The average molecular weight is 518 g/mol. The van der Waals surface area contributed by atoms with E-state index in [1.807, 2.05) is 64.1 Å². The van der Waals surface area contributed by atoms with Crippen LogP contribution in [0, 0.1) is 39.0 Å². The summed E-state index contributed by atoms with van der Waals surface area (Å²) in [6.45, 7) is 7.44. The van der Waals surface area contributed by atoms with Crippen molar-refractivity contribution in [3.63, 3.8) is 0 Å². The van der Waals surface area contributed by atoms with Crippen molar-refractivity contribution in [3.05, 3.63) is 86.9 Å². The molecule has 8 heteroatoms. The van der Waals surface area contributed by atoms with Crippen LogP contribution in [0.2, 0.25) is 5.02 Å². The molecule has 190 valence electrons. The summed E-state index contributed by atoms with van der Waals surface area (Å²) in [4.78, 5) is 25.2. The normalized spacial score (nSPS) is 10.9. The summed E-state index contributed by atoms with van der Waals surface area (Å²) < 4.78 is 11.1. The van der Waals surface area contributed by atoms with Crippen LogP contribution < -0.4 is 20.1 Å². The molecule has 0 radical (unpaired) electrons. The van der Waals surface area contributed by atoms with Crippen LogP contribution in [0.4, 0.5) is 11.4 Å². The van der Waals surface area contributed by atoms with Gasteiger partial charge in [0.15, 0.2) is 18.1 Å². The van der Waals surface area contributed by atoms with Crippen LogP contribution in [-0.2, 0) is 9.59 Å². The number of ether oxygens (including phenoxy) is 2. The summed E-state index contributed by atoms with van der Waals surface area (Å²) in [5.41, 5.74) is 5.65. The molecular formula is C29H28ClN3O4. The highest BCUT2D eigenvalue weighted by Gasteiger charge is 2.16. The number of hydrogen-bond acceptors (Lipinski definition) is 5. The third kappa shape index (κ3) is 6.69. The fourth-order valence-electron chi connectivity index (χ4n) is 3.57. The van der Waals surface area contributed by atoms with Crippen molar-refractivity contribution < 1.29 is 19.1 Å². The molecular weight excluding hydrogens is 490 g/mol. The number of halogens is 1. The molecule has 0 bridgehead atoms. The first kappa shape index (κ1) is 27.3. The van der Waals surface area contributed by atoms with E-state index in [1.165, 1.54) is 19.3 Å². The molecule has 0 atom stereocenters. The number of carbonyl (C=O) groups is 2. The van der Waals surface area contributed by atoms with Gasteiger partial charge in [0.2, 0.25) is 0 Å². The van der Waals surface area contributed by atoms with E-state index in [-0.39, 0.29) is 34.6 Å². The first-order valence-corrected chi connectivity index (χ1v) is 11.9. The highest BCUT2D eigenvalue weighted by atomic mass is 35.5. The van der Waals surface area contributed by atoms with Crippen LogP contribution in [0.1, 0.15) is 27.8 Å². The third-order valence-corrected chi connectivity index (χ3v) is 6.29. The minimum absolute atomic E-state index is 0.111. The number of aryl methyl sites for hydroxylation is 2. The Kier molecular flexibility index (Phi) is 8.94. The zero-order chi connectivity index (χ0) is 27.1. The predicted octanol–water partition coefficient (Wildman–Crippen LogP) is 6.15. The van der Waals surface area contributed by atoms with Gasteiger partial charge in [0.1, 0.15) is 11.6 Å². The second-order valence-corrected chi connectivity index (χ2v) is 8.90. The number of rotatable bonds is 8. The standard InChI is InChI=1S/C29H28ClN3O4/c1-17-8-6-10-24(19(17)3)32-27(34)16-37-28-23(30)13-21(14-26(28)36-5)12-22(15-31)29(35)33-25-11-7-9-18(2)20(25)4/h6-14H,16H2,1-5H3,(H,32,34)(H,33,35)/b22-12-. The number of anilines is 2. The fourth-order valence-corrected chi connectivity index (χ4v) is 3.84. The Balaban J connectivity index is 1.77. The smallest absolute Gasteiger partial charge is 0.266 e. The van der Waals surface area contributed by atoms with Crippen molar-refractivity contribution in [3.8, 4) is 17.6 Å². The summed E-state index contributed by atoms with van der Waals surface area (Å²) >= 11 is 6.43. The van der Waals surface area contributed by atoms with E-state index in [9.17, 15) is 14.9 Å². The van der Waals surface area contributed by atoms with Gasteiger partial charge in [-0.15, -0.1) is 0 Å². The van der Waals surface area contributed by atoms with Crippen LogP contribution in [0.5, 0.6) is 11.5 Å². The number of benzene rings is 3. The van der Waals surface area contributed by atoms with Crippen LogP contribution in [0.3, 0.4) is 0 Å². The quantitative estimate of drug-likeness (QED) is 0.276. The van der Waals surface area contributed by atoms with Gasteiger partial charge in [-0.1, -0.05) is 35.9 Å². The Hall–Kier alpha value is -4.28. The lowest BCUT2D eigenvalue weighted by atomic mass is 10.1. The molecule has 2 N–H and O–H groups in total. The molecule has 0 heterocycles. The lowest BCUT2D eigenvalue weighted by molar-refractivity contribution is -0.118. The average Bonchev–Trinajstić information content (AvgIpc) is 2.87. The monoisotopic (exact) mass is 517 g/mol. The van der Waals surface area contributed by atoms with Crippen molar-refractivity contribution in [2.75, 3.05) is 24.4 Å². The highest BCUT2D eigenvalue weighted by Crippen LogP contribution is 2.37. The number of nitrogens with zero attached hydrogens (tertiary/aromatic N) is 1. The van der Waals surface area contributed by atoms with Gasteiger partial charge in [-0.2, -0.15) is 5.26 Å². The van der Waals surface area contributed by atoms with E-state index < -0.39 is 5.91 Å². The van der Waals surface area contributed by atoms with Crippen molar-refractivity contribution in [2.24, 2.45) is 0 Å². The van der Waals surface area contributed by atoms with Gasteiger partial charge in [0.05, 0.1) is 12.1 Å². The van der Waals surface area contributed by atoms with Gasteiger partial charge in [0, 0.05) is 11.4 Å². The largest absolute Gasteiger partial charge is 0.493 e. The van der Waals surface area contributed by atoms with Gasteiger partial charge in [-0.05, 0) is 85.9 Å². The van der Waals surface area contributed by atoms with Gasteiger partial charge < -0.3 is 20.1 Å². The van der Waals surface area contributed by atoms with Gasteiger partial charge in [0.25, 0.3) is 11.8 Å². The second-order valence-electron chi connectivity index (χ2n) is 8.49. The lowest BCUT2D eigenvalue weighted by Crippen LogP contribution is -2.21. The molecule has 0 saturated heterocycles. The van der Waals surface area contributed by atoms with Crippen molar-refractivity contribution in [1.29, 1.82) is 5.26 Å². The topological polar surface area (TPSA) is 100 Å². The molecule has 0 saturated carbocycles. The Morgan fingerprint density at radius 2 is 1.57 bits per heavy atom. The maximum absolute atomic E-state index is 12.8. The Morgan fingerprint density at radius 1 is 0.973 bits per heavy atom. The number of amides is 2. The van der Waals surface area contributed by atoms with Gasteiger partial charge in [-0.3, -0.25) is 9.59 Å². The summed E-state index contributed by atoms with van der Waals surface area (Å²) in [6, 6.07) is 16.2. The van der Waals surface area contributed by atoms with Crippen molar-refractivity contribution >= 4 is 40.9 Å². The third-order valence-electron chi connectivity index (χ3n) is 6.01. The second kappa shape index (κ2) is 12.1. The molecule has 3 rings (SSSR count). The minimum atomic E-state index is -0.547. The van der Waals surface area contributed by atoms with E-state index in [0.717, 1.165) is 22.3 Å². The maximum Gasteiger partial charge on any atom is 0.266 e. The van der Waals surface area contributed by atoms with Gasteiger partial charge in [-0.25, -0.2) is 0 Å². The molecule has 0 aromatic heterocycles. The zero-order valence-corrected chi connectivity index (χ0v) is 22.1. The van der Waals surface area contributed by atoms with Gasteiger partial charge >= 0.3 is 0 Å². The Labute approximate surface area is 221 Å². The molecule has 7 nitrogen and oxygen atoms in total. The highest BCUT2D eigenvalue weighted by molar-refractivity contribution is 6.32. The van der Waals surface area contributed by atoms with E-state index >= 15 is 0 Å². The molecule has 0 aliphatic heterocycles. The summed E-state index contributed by atoms with van der Waals surface area (Å²) in [6.07, 6.45) is 1.41. The lowest BCUT2D eigenvalue weighted by Gasteiger charge is -2.14. The number of nitriles is 1. The molecule has 0 fully saturated rings. The van der Waals surface area contributed by atoms with Crippen LogP contribution in [0.25, 0.3) is 6.08 Å². The van der Waals surface area contributed by atoms with E-state index in [4.69, 9.17) is 21.1 Å². The Bertz CT molecular complexity index is 1420. The van der Waals surface area contributed by atoms with Crippen LogP contribution in [0.15, 0.2) is 54.1 Å².